The van der Waals surface area contributed by atoms with E-state index >= 15 is 0 Å². The maximum Gasteiger partial charge on any atom is 0.410 e. The van der Waals surface area contributed by atoms with Crippen LogP contribution in [0.25, 0.3) is 10.9 Å². The normalized spacial score (nSPS) is 20.8. The molecule has 2 fully saturated rings. The molecule has 0 aliphatic carbocycles. The van der Waals surface area contributed by atoms with E-state index in [1.807, 2.05) is 37.7 Å². The van der Waals surface area contributed by atoms with Crippen molar-refractivity contribution in [3.63, 3.8) is 0 Å². The Bertz CT molecular complexity index is 1300. The van der Waals surface area contributed by atoms with E-state index in [2.05, 4.69) is 26.0 Å². The Balaban J connectivity index is 1.22. The van der Waals surface area contributed by atoms with E-state index in [1.165, 1.54) is 0 Å². The molecule has 39 heavy (non-hydrogen) atoms. The summed E-state index contributed by atoms with van der Waals surface area (Å²) >= 11 is 10.5. The molecule has 0 bridgehead atoms. The Labute approximate surface area is 242 Å². The molecule has 212 valence electrons. The van der Waals surface area contributed by atoms with E-state index in [4.69, 9.17) is 30.2 Å². The van der Waals surface area contributed by atoms with Gasteiger partial charge in [-0.15, -0.1) is 0 Å². The van der Waals surface area contributed by atoms with Crippen LogP contribution in [0.1, 0.15) is 63.5 Å². The molecule has 2 unspecified atom stereocenters. The van der Waals surface area contributed by atoms with Crippen molar-refractivity contribution < 1.29 is 23.4 Å². The van der Waals surface area contributed by atoms with Gasteiger partial charge in [-0.3, -0.25) is 0 Å². The van der Waals surface area contributed by atoms with Crippen LogP contribution in [0.5, 0.6) is 0 Å². The van der Waals surface area contributed by atoms with Gasteiger partial charge in [-0.05, 0) is 74.0 Å². The molecule has 1 aromatic carbocycles. The lowest BCUT2D eigenvalue weighted by atomic mass is 10.1. The quantitative estimate of drug-likeness (QED) is 0.316. The number of hydrogen-bond acceptors (Lipinski definition) is 7. The summed E-state index contributed by atoms with van der Waals surface area (Å²) in [6.07, 6.45) is 8.38. The summed E-state index contributed by atoms with van der Waals surface area (Å²) in [6, 6.07) is 1.98. The number of benzene rings is 1. The molecule has 0 spiro atoms. The predicted octanol–water partition coefficient (Wildman–Crippen LogP) is 6.35. The average Bonchev–Trinajstić information content (AvgIpc) is 3.44. The maximum atomic E-state index is 12.6. The van der Waals surface area contributed by atoms with Crippen molar-refractivity contribution in [3.8, 4) is 0 Å². The van der Waals surface area contributed by atoms with Gasteiger partial charge in [0.05, 0.1) is 31.1 Å². The van der Waals surface area contributed by atoms with E-state index < -0.39 is 5.60 Å². The van der Waals surface area contributed by atoms with Crippen molar-refractivity contribution in [1.29, 1.82) is 0 Å². The molecule has 2 saturated heterocycles. The monoisotopic (exact) mass is 622 g/mol. The SMILES string of the molecule is CC(C)(C)OC(=O)N1CCOCC(Cc2ncc(CCc3c(Cl)cc4c(cnn4C4CCCCO4)c3Br)o2)C1. The molecule has 2 aromatic heterocycles. The van der Waals surface area contributed by atoms with Gasteiger partial charge < -0.3 is 23.5 Å². The van der Waals surface area contributed by atoms with Gasteiger partial charge in [0.25, 0.3) is 0 Å². The fourth-order valence-electron chi connectivity index (χ4n) is 5.08. The summed E-state index contributed by atoms with van der Waals surface area (Å²) < 4.78 is 26.2. The van der Waals surface area contributed by atoms with Crippen molar-refractivity contribution in [2.24, 2.45) is 5.92 Å². The number of oxazole rings is 1. The highest BCUT2D eigenvalue weighted by Gasteiger charge is 2.28. The number of amides is 1. The molecule has 3 aromatic rings. The highest BCUT2D eigenvalue weighted by Crippen LogP contribution is 2.36. The number of nitrogens with zero attached hydrogens (tertiary/aromatic N) is 4. The number of aromatic nitrogens is 3. The zero-order chi connectivity index (χ0) is 27.6. The van der Waals surface area contributed by atoms with E-state index in [9.17, 15) is 4.79 Å². The molecule has 0 N–H and O–H groups in total. The van der Waals surface area contributed by atoms with Crippen LogP contribution in [-0.4, -0.2) is 64.3 Å². The summed E-state index contributed by atoms with van der Waals surface area (Å²) in [5.41, 5.74) is 1.44. The van der Waals surface area contributed by atoms with E-state index in [-0.39, 0.29) is 18.2 Å². The van der Waals surface area contributed by atoms with Crippen LogP contribution in [0.3, 0.4) is 0 Å². The van der Waals surface area contributed by atoms with Gasteiger partial charge in [0.1, 0.15) is 11.4 Å². The van der Waals surface area contributed by atoms with Crippen molar-refractivity contribution in [3.05, 3.63) is 45.2 Å². The van der Waals surface area contributed by atoms with Crippen LogP contribution in [0.4, 0.5) is 4.79 Å². The number of rotatable bonds is 6. The maximum absolute atomic E-state index is 12.6. The van der Waals surface area contributed by atoms with Crippen molar-refractivity contribution in [2.75, 3.05) is 32.9 Å². The summed E-state index contributed by atoms with van der Waals surface area (Å²) in [6.45, 7) is 8.44. The van der Waals surface area contributed by atoms with E-state index in [0.29, 0.717) is 56.5 Å². The Kier molecular flexibility index (Phi) is 8.85. The van der Waals surface area contributed by atoms with Gasteiger partial charge in [-0.25, -0.2) is 14.5 Å². The molecule has 2 aliphatic rings. The third-order valence-corrected chi connectivity index (χ3v) is 8.23. The second-order valence-electron chi connectivity index (χ2n) is 11.3. The molecule has 5 rings (SSSR count). The molecular formula is C28H36BrClN4O5. The summed E-state index contributed by atoms with van der Waals surface area (Å²) in [4.78, 5) is 18.8. The summed E-state index contributed by atoms with van der Waals surface area (Å²) in [5, 5.41) is 6.31. The topological polar surface area (TPSA) is 91.8 Å². The Morgan fingerprint density at radius 2 is 2.08 bits per heavy atom. The average molecular weight is 624 g/mol. The van der Waals surface area contributed by atoms with Gasteiger partial charge in [0.2, 0.25) is 0 Å². The van der Waals surface area contributed by atoms with Crippen LogP contribution in [0, 0.1) is 5.92 Å². The first kappa shape index (κ1) is 28.4. The third-order valence-electron chi connectivity index (χ3n) is 6.99. The second-order valence-corrected chi connectivity index (χ2v) is 12.5. The van der Waals surface area contributed by atoms with Crippen LogP contribution < -0.4 is 0 Å². The number of hydrogen-bond donors (Lipinski definition) is 0. The van der Waals surface area contributed by atoms with Crippen LogP contribution in [-0.2, 0) is 33.5 Å². The number of ether oxygens (including phenoxy) is 3. The molecule has 2 atom stereocenters. The number of fused-ring (bicyclic) bond motifs is 1. The Morgan fingerprint density at radius 1 is 1.23 bits per heavy atom. The number of halogens is 2. The molecule has 0 radical (unpaired) electrons. The van der Waals surface area contributed by atoms with Gasteiger partial charge in [0, 0.05) is 53.3 Å². The lowest BCUT2D eigenvalue weighted by molar-refractivity contribution is -0.0366. The first-order chi connectivity index (χ1) is 18.7. The smallest absolute Gasteiger partial charge is 0.410 e. The predicted molar refractivity (Wildman–Crippen MR) is 151 cm³/mol. The first-order valence-electron chi connectivity index (χ1n) is 13.6. The van der Waals surface area contributed by atoms with Crippen LogP contribution >= 0.6 is 27.5 Å². The lowest BCUT2D eigenvalue weighted by Crippen LogP contribution is -2.40. The highest BCUT2D eigenvalue weighted by molar-refractivity contribution is 9.10. The van der Waals surface area contributed by atoms with Crippen molar-refractivity contribution >= 4 is 44.5 Å². The molecule has 11 heteroatoms. The Morgan fingerprint density at radius 3 is 2.85 bits per heavy atom. The highest BCUT2D eigenvalue weighted by atomic mass is 79.9. The largest absolute Gasteiger partial charge is 0.446 e. The zero-order valence-corrected chi connectivity index (χ0v) is 25.1. The first-order valence-corrected chi connectivity index (χ1v) is 14.8. The van der Waals surface area contributed by atoms with Gasteiger partial charge in [-0.1, -0.05) is 11.6 Å². The summed E-state index contributed by atoms with van der Waals surface area (Å²) in [5.74, 6) is 1.50. The fourth-order valence-corrected chi connectivity index (χ4v) is 6.21. The van der Waals surface area contributed by atoms with Crippen LogP contribution in [0.2, 0.25) is 5.02 Å². The van der Waals surface area contributed by atoms with Gasteiger partial charge in [0.15, 0.2) is 12.1 Å². The minimum Gasteiger partial charge on any atom is -0.446 e. The zero-order valence-electron chi connectivity index (χ0n) is 22.8. The molecule has 0 saturated carbocycles. The van der Waals surface area contributed by atoms with Gasteiger partial charge in [-0.2, -0.15) is 5.10 Å². The minimum absolute atomic E-state index is 0.0484. The summed E-state index contributed by atoms with van der Waals surface area (Å²) in [7, 11) is 0. The molecule has 2 aliphatic heterocycles. The van der Waals surface area contributed by atoms with Crippen molar-refractivity contribution in [1.82, 2.24) is 19.7 Å². The van der Waals surface area contributed by atoms with E-state index in [0.717, 1.165) is 52.6 Å². The minimum atomic E-state index is -0.538. The fraction of sp³-hybridized carbons (Fsp3) is 0.607. The lowest BCUT2D eigenvalue weighted by Gasteiger charge is -2.27. The van der Waals surface area contributed by atoms with Crippen LogP contribution in [0.15, 0.2) is 27.3 Å². The Hall–Kier alpha value is -2.14. The molecular weight excluding hydrogens is 588 g/mol. The molecule has 9 nitrogen and oxygen atoms in total. The molecule has 4 heterocycles. The number of carbonyl (C=O) groups excluding carboxylic acids is 1. The third kappa shape index (κ3) is 6.96. The van der Waals surface area contributed by atoms with Gasteiger partial charge >= 0.3 is 6.09 Å². The number of aryl methyl sites for hydroxylation is 1. The number of carbonyl (C=O) groups is 1. The van der Waals surface area contributed by atoms with Crippen molar-refractivity contribution in [2.45, 2.75) is 71.1 Å². The molecule has 1 amide bonds. The van der Waals surface area contributed by atoms with E-state index in [1.54, 1.807) is 11.1 Å². The standard InChI is InChI=1S/C28H36BrClN4O5/c1-28(2,3)39-27(35)33-9-11-36-17-18(16-33)12-24-31-14-19(38-24)7-8-20-22(30)13-23-21(26(20)29)15-32-34(23)25-6-4-5-10-37-25/h13-15,18,25H,4-12,16-17H2,1-3H3. The second kappa shape index (κ2) is 12.2.